The summed E-state index contributed by atoms with van der Waals surface area (Å²) in [7, 11) is 0. The molecule has 1 N–H and O–H groups in total. The summed E-state index contributed by atoms with van der Waals surface area (Å²) in [4.78, 5) is 13.5. The molecule has 1 aromatic heterocycles. The molecule has 3 rings (SSSR count). The average molecular weight is 302 g/mol. The van der Waals surface area contributed by atoms with Gasteiger partial charge in [-0.2, -0.15) is 0 Å². The monoisotopic (exact) mass is 302 g/mol. The molecule has 0 radical (unpaired) electrons. The van der Waals surface area contributed by atoms with E-state index in [1.807, 2.05) is 37.3 Å². The number of nitrogens with zero attached hydrogens (tertiary/aromatic N) is 1. The van der Waals surface area contributed by atoms with Gasteiger partial charge >= 0.3 is 0 Å². The van der Waals surface area contributed by atoms with E-state index in [0.717, 1.165) is 29.7 Å². The summed E-state index contributed by atoms with van der Waals surface area (Å²) in [5.41, 5.74) is 1.03. The molecule has 1 atom stereocenters. The molecule has 4 nitrogen and oxygen atoms in total. The second-order valence-corrected chi connectivity index (χ2v) is 6.49. The Morgan fingerprint density at radius 3 is 2.86 bits per heavy atom. The van der Waals surface area contributed by atoms with E-state index in [1.165, 1.54) is 0 Å². The molecule has 1 heterocycles. The number of hydrogen-bond donors (Lipinski definition) is 1. The van der Waals surface area contributed by atoms with Crippen LogP contribution in [0, 0.1) is 0 Å². The number of anilines is 1. The Bertz CT molecular complexity index is 608. The molecule has 0 bridgehead atoms. The van der Waals surface area contributed by atoms with Gasteiger partial charge in [-0.25, -0.2) is 0 Å². The van der Waals surface area contributed by atoms with Crippen molar-refractivity contribution in [3.63, 3.8) is 0 Å². The van der Waals surface area contributed by atoms with Crippen LogP contribution in [0.3, 0.4) is 0 Å². The normalized spacial score (nSPS) is 15.7. The SMILES string of the molecule is CCC(Sc1ccccc1)C(=O)Nc1nocc1C1CC1. The quantitative estimate of drug-likeness (QED) is 0.818. The summed E-state index contributed by atoms with van der Waals surface area (Å²) < 4.78 is 5.01. The van der Waals surface area contributed by atoms with Gasteiger partial charge in [-0.1, -0.05) is 30.3 Å². The Labute approximate surface area is 128 Å². The summed E-state index contributed by atoms with van der Waals surface area (Å²) in [6.45, 7) is 2.02. The number of carbonyl (C=O) groups is 1. The predicted molar refractivity (Wildman–Crippen MR) is 83.5 cm³/mol. The van der Waals surface area contributed by atoms with Crippen LogP contribution in [0.25, 0.3) is 0 Å². The molecule has 1 aliphatic rings. The zero-order valence-corrected chi connectivity index (χ0v) is 12.7. The molecule has 1 unspecified atom stereocenters. The fourth-order valence-electron chi connectivity index (χ4n) is 2.21. The van der Waals surface area contributed by atoms with Crippen LogP contribution in [0.2, 0.25) is 0 Å². The van der Waals surface area contributed by atoms with Crippen molar-refractivity contribution in [2.75, 3.05) is 5.32 Å². The van der Waals surface area contributed by atoms with E-state index in [4.69, 9.17) is 4.52 Å². The molecule has 21 heavy (non-hydrogen) atoms. The number of nitrogens with one attached hydrogen (secondary N) is 1. The first kappa shape index (κ1) is 14.2. The highest BCUT2D eigenvalue weighted by atomic mass is 32.2. The number of carbonyl (C=O) groups excluding carboxylic acids is 1. The molecule has 1 aromatic carbocycles. The summed E-state index contributed by atoms with van der Waals surface area (Å²) in [5.74, 6) is 1.09. The standard InChI is InChI=1S/C16H18N2O2S/c1-2-14(21-12-6-4-3-5-7-12)16(19)17-15-13(10-20-18-15)11-8-9-11/h3-7,10-11,14H,2,8-9H2,1H3,(H,17,18,19). The van der Waals surface area contributed by atoms with Crippen molar-refractivity contribution in [2.45, 2.75) is 42.2 Å². The first-order valence-electron chi connectivity index (χ1n) is 7.24. The Morgan fingerprint density at radius 2 is 2.19 bits per heavy atom. The smallest absolute Gasteiger partial charge is 0.239 e. The minimum atomic E-state index is -0.129. The third-order valence-corrected chi connectivity index (χ3v) is 4.92. The van der Waals surface area contributed by atoms with Crippen LogP contribution in [-0.4, -0.2) is 16.3 Å². The van der Waals surface area contributed by atoms with Crippen molar-refractivity contribution in [3.8, 4) is 0 Å². The highest BCUT2D eigenvalue weighted by Crippen LogP contribution is 2.43. The van der Waals surface area contributed by atoms with E-state index >= 15 is 0 Å². The molecule has 2 aromatic rings. The van der Waals surface area contributed by atoms with Gasteiger partial charge in [0.1, 0.15) is 6.26 Å². The fraction of sp³-hybridized carbons (Fsp3) is 0.375. The van der Waals surface area contributed by atoms with E-state index in [-0.39, 0.29) is 11.2 Å². The molecule has 1 amide bonds. The number of thioether (sulfide) groups is 1. The van der Waals surface area contributed by atoms with Crippen LogP contribution in [0.15, 0.2) is 46.0 Å². The lowest BCUT2D eigenvalue weighted by Crippen LogP contribution is -2.25. The average Bonchev–Trinajstić information content (AvgIpc) is 3.26. The molecular weight excluding hydrogens is 284 g/mol. The summed E-state index contributed by atoms with van der Waals surface area (Å²) in [6.07, 6.45) is 4.72. The van der Waals surface area contributed by atoms with Crippen molar-refractivity contribution in [2.24, 2.45) is 0 Å². The van der Waals surface area contributed by atoms with Gasteiger partial charge in [0.15, 0.2) is 5.82 Å². The van der Waals surface area contributed by atoms with Gasteiger partial charge in [0.05, 0.1) is 5.25 Å². The van der Waals surface area contributed by atoms with Gasteiger partial charge in [0.2, 0.25) is 5.91 Å². The third kappa shape index (κ3) is 3.47. The van der Waals surface area contributed by atoms with E-state index in [0.29, 0.717) is 11.7 Å². The third-order valence-electron chi connectivity index (χ3n) is 3.54. The van der Waals surface area contributed by atoms with Gasteiger partial charge in [-0.3, -0.25) is 4.79 Å². The maximum absolute atomic E-state index is 12.4. The maximum atomic E-state index is 12.4. The fourth-order valence-corrected chi connectivity index (χ4v) is 3.18. The van der Waals surface area contributed by atoms with Gasteiger partial charge in [0, 0.05) is 10.5 Å². The molecule has 1 saturated carbocycles. The van der Waals surface area contributed by atoms with E-state index in [1.54, 1.807) is 18.0 Å². The van der Waals surface area contributed by atoms with Crippen molar-refractivity contribution < 1.29 is 9.32 Å². The summed E-state index contributed by atoms with van der Waals surface area (Å²) in [5, 5.41) is 6.71. The van der Waals surface area contributed by atoms with Gasteiger partial charge in [0.25, 0.3) is 0 Å². The molecule has 0 saturated heterocycles. The van der Waals surface area contributed by atoms with E-state index < -0.39 is 0 Å². The molecule has 110 valence electrons. The van der Waals surface area contributed by atoms with E-state index in [9.17, 15) is 4.79 Å². The summed E-state index contributed by atoms with van der Waals surface area (Å²) >= 11 is 1.58. The molecule has 0 spiro atoms. The molecule has 1 aliphatic carbocycles. The van der Waals surface area contributed by atoms with Crippen LogP contribution in [0.4, 0.5) is 5.82 Å². The van der Waals surface area contributed by atoms with Crippen molar-refractivity contribution in [1.82, 2.24) is 5.16 Å². The molecule has 0 aliphatic heterocycles. The minimum absolute atomic E-state index is 0.0119. The number of rotatable bonds is 6. The Kier molecular flexibility index (Phi) is 4.29. The lowest BCUT2D eigenvalue weighted by molar-refractivity contribution is -0.115. The lowest BCUT2D eigenvalue weighted by atomic mass is 10.2. The molecule has 5 heteroatoms. The largest absolute Gasteiger partial charge is 0.362 e. The van der Waals surface area contributed by atoms with Crippen molar-refractivity contribution >= 4 is 23.5 Å². The number of amides is 1. The first-order chi connectivity index (χ1) is 10.3. The van der Waals surface area contributed by atoms with Gasteiger partial charge in [-0.05, 0) is 37.3 Å². The number of hydrogen-bond acceptors (Lipinski definition) is 4. The molecule has 1 fully saturated rings. The second kappa shape index (κ2) is 6.35. The number of benzene rings is 1. The van der Waals surface area contributed by atoms with Crippen LogP contribution in [0.5, 0.6) is 0 Å². The van der Waals surface area contributed by atoms with E-state index in [2.05, 4.69) is 10.5 Å². The van der Waals surface area contributed by atoms with Crippen LogP contribution in [-0.2, 0) is 4.79 Å². The zero-order valence-electron chi connectivity index (χ0n) is 11.9. The lowest BCUT2D eigenvalue weighted by Gasteiger charge is -2.14. The second-order valence-electron chi connectivity index (χ2n) is 5.21. The Hall–Kier alpha value is -1.75. The number of aromatic nitrogens is 1. The maximum Gasteiger partial charge on any atom is 0.239 e. The van der Waals surface area contributed by atoms with Gasteiger partial charge < -0.3 is 9.84 Å². The van der Waals surface area contributed by atoms with Crippen LogP contribution >= 0.6 is 11.8 Å². The summed E-state index contributed by atoms with van der Waals surface area (Å²) in [6, 6.07) is 9.98. The first-order valence-corrected chi connectivity index (χ1v) is 8.12. The molecular formula is C16H18N2O2S. The highest BCUT2D eigenvalue weighted by molar-refractivity contribution is 8.00. The highest BCUT2D eigenvalue weighted by Gasteiger charge is 2.30. The van der Waals surface area contributed by atoms with Crippen molar-refractivity contribution in [1.29, 1.82) is 0 Å². The van der Waals surface area contributed by atoms with Crippen LogP contribution < -0.4 is 5.32 Å². The van der Waals surface area contributed by atoms with Gasteiger partial charge in [-0.15, -0.1) is 11.8 Å². The predicted octanol–water partition coefficient (Wildman–Crippen LogP) is 4.06. The Morgan fingerprint density at radius 1 is 1.43 bits per heavy atom. The van der Waals surface area contributed by atoms with Crippen molar-refractivity contribution in [3.05, 3.63) is 42.2 Å². The zero-order chi connectivity index (χ0) is 14.7. The topological polar surface area (TPSA) is 55.1 Å². The Balaban J connectivity index is 1.66. The minimum Gasteiger partial charge on any atom is -0.362 e. The van der Waals surface area contributed by atoms with Crippen LogP contribution in [0.1, 0.15) is 37.7 Å².